The van der Waals surface area contributed by atoms with E-state index >= 15 is 0 Å². The molecular weight excluding hydrogens is 322 g/mol. The molecule has 2 aromatic rings. The molecule has 2 rings (SSSR count). The maximum absolute atomic E-state index is 3.60. The van der Waals surface area contributed by atoms with Crippen LogP contribution < -0.4 is 5.32 Å². The Hall–Kier alpha value is -1.28. The van der Waals surface area contributed by atoms with Gasteiger partial charge in [0, 0.05) is 16.2 Å². The third-order valence-corrected chi connectivity index (χ3v) is 4.36. The summed E-state index contributed by atoms with van der Waals surface area (Å²) in [6.07, 6.45) is 3.70. The Morgan fingerprint density at radius 2 is 1.81 bits per heavy atom. The molecule has 0 saturated heterocycles. The van der Waals surface area contributed by atoms with Crippen molar-refractivity contribution in [1.82, 2.24) is 0 Å². The third kappa shape index (κ3) is 4.60. The van der Waals surface area contributed by atoms with Crippen LogP contribution in [-0.2, 0) is 6.42 Å². The number of benzene rings is 2. The molecule has 0 heterocycles. The van der Waals surface area contributed by atoms with Crippen LogP contribution in [0.4, 0.5) is 5.69 Å². The Labute approximate surface area is 136 Å². The summed E-state index contributed by atoms with van der Waals surface area (Å²) in [6.45, 7) is 6.58. The average Bonchev–Trinajstić information content (AvgIpc) is 2.49. The maximum atomic E-state index is 3.60. The third-order valence-electron chi connectivity index (χ3n) is 3.87. The molecule has 0 radical (unpaired) electrons. The van der Waals surface area contributed by atoms with Gasteiger partial charge in [-0.2, -0.15) is 0 Å². The Bertz CT molecular complexity index is 575. The summed E-state index contributed by atoms with van der Waals surface area (Å²) in [5.41, 5.74) is 5.22. The molecule has 1 N–H and O–H groups in total. The number of hydrogen-bond donors (Lipinski definition) is 1. The van der Waals surface area contributed by atoms with Gasteiger partial charge in [-0.1, -0.05) is 59.6 Å². The topological polar surface area (TPSA) is 12.0 Å². The molecule has 0 saturated carbocycles. The van der Waals surface area contributed by atoms with E-state index in [2.05, 4.69) is 84.5 Å². The Morgan fingerprint density at radius 1 is 1.10 bits per heavy atom. The molecule has 2 heteroatoms. The molecule has 0 bridgehead atoms. The molecule has 0 fully saturated rings. The van der Waals surface area contributed by atoms with E-state index in [0.717, 1.165) is 4.47 Å². The smallest absolute Gasteiger partial charge is 0.0485 e. The van der Waals surface area contributed by atoms with Gasteiger partial charge in [-0.3, -0.25) is 0 Å². The zero-order valence-corrected chi connectivity index (χ0v) is 14.7. The Kier molecular flexibility index (Phi) is 5.86. The van der Waals surface area contributed by atoms with Crippen molar-refractivity contribution in [2.24, 2.45) is 0 Å². The van der Waals surface area contributed by atoms with Crippen LogP contribution in [0.1, 0.15) is 49.4 Å². The van der Waals surface area contributed by atoms with Crippen molar-refractivity contribution in [2.75, 3.05) is 5.32 Å². The summed E-state index contributed by atoms with van der Waals surface area (Å²) >= 11 is 3.54. The van der Waals surface area contributed by atoms with Crippen LogP contribution in [0.5, 0.6) is 0 Å². The van der Waals surface area contributed by atoms with E-state index in [1.54, 1.807) is 0 Å². The van der Waals surface area contributed by atoms with E-state index in [4.69, 9.17) is 0 Å². The fourth-order valence-corrected chi connectivity index (χ4v) is 2.78. The lowest BCUT2D eigenvalue weighted by Gasteiger charge is -2.18. The number of aryl methyl sites for hydroxylation is 2. The molecule has 112 valence electrons. The zero-order chi connectivity index (χ0) is 15.2. The van der Waals surface area contributed by atoms with Gasteiger partial charge in [0.2, 0.25) is 0 Å². The molecule has 0 amide bonds. The number of hydrogen-bond acceptors (Lipinski definition) is 1. The van der Waals surface area contributed by atoms with E-state index in [9.17, 15) is 0 Å². The SMILES string of the molecule is CCCCc1ccc(C(C)Nc2cc(Br)ccc2C)cc1. The molecule has 0 aliphatic carbocycles. The highest BCUT2D eigenvalue weighted by Crippen LogP contribution is 2.25. The summed E-state index contributed by atoms with van der Waals surface area (Å²) in [4.78, 5) is 0. The first-order valence-electron chi connectivity index (χ1n) is 7.71. The highest BCUT2D eigenvalue weighted by atomic mass is 79.9. The van der Waals surface area contributed by atoms with E-state index in [-0.39, 0.29) is 0 Å². The van der Waals surface area contributed by atoms with Crippen molar-refractivity contribution in [3.8, 4) is 0 Å². The highest BCUT2D eigenvalue weighted by molar-refractivity contribution is 9.10. The summed E-state index contributed by atoms with van der Waals surface area (Å²) in [5, 5.41) is 3.60. The summed E-state index contributed by atoms with van der Waals surface area (Å²) < 4.78 is 1.11. The van der Waals surface area contributed by atoms with Crippen LogP contribution in [0.3, 0.4) is 0 Å². The Morgan fingerprint density at radius 3 is 2.48 bits per heavy atom. The second-order valence-electron chi connectivity index (χ2n) is 5.67. The molecule has 0 aliphatic rings. The lowest BCUT2D eigenvalue weighted by Crippen LogP contribution is -2.07. The van der Waals surface area contributed by atoms with Gasteiger partial charge in [-0.05, 0) is 55.5 Å². The lowest BCUT2D eigenvalue weighted by molar-refractivity contribution is 0.793. The summed E-state index contributed by atoms with van der Waals surface area (Å²) in [7, 11) is 0. The maximum Gasteiger partial charge on any atom is 0.0485 e. The molecule has 21 heavy (non-hydrogen) atoms. The van der Waals surface area contributed by atoms with E-state index in [1.807, 2.05) is 0 Å². The van der Waals surface area contributed by atoms with Crippen LogP contribution in [0.2, 0.25) is 0 Å². The van der Waals surface area contributed by atoms with Gasteiger partial charge < -0.3 is 5.32 Å². The molecule has 1 nitrogen and oxygen atoms in total. The predicted molar refractivity (Wildman–Crippen MR) is 96.0 cm³/mol. The molecule has 1 atom stereocenters. The van der Waals surface area contributed by atoms with E-state index in [1.165, 1.54) is 41.6 Å². The van der Waals surface area contributed by atoms with Gasteiger partial charge in [0.25, 0.3) is 0 Å². The number of nitrogens with one attached hydrogen (secondary N) is 1. The van der Waals surface area contributed by atoms with Crippen molar-refractivity contribution >= 4 is 21.6 Å². The van der Waals surface area contributed by atoms with Gasteiger partial charge in [-0.25, -0.2) is 0 Å². The quantitative estimate of drug-likeness (QED) is 0.650. The van der Waals surface area contributed by atoms with Gasteiger partial charge >= 0.3 is 0 Å². The number of halogens is 1. The van der Waals surface area contributed by atoms with Gasteiger partial charge in [-0.15, -0.1) is 0 Å². The molecular formula is C19H24BrN. The fraction of sp³-hybridized carbons (Fsp3) is 0.368. The van der Waals surface area contributed by atoms with Gasteiger partial charge in [0.15, 0.2) is 0 Å². The minimum absolute atomic E-state index is 0.304. The molecule has 0 aliphatic heterocycles. The fourth-order valence-electron chi connectivity index (χ4n) is 2.42. The van der Waals surface area contributed by atoms with Crippen LogP contribution in [0, 0.1) is 6.92 Å². The normalized spacial score (nSPS) is 12.2. The minimum Gasteiger partial charge on any atom is -0.378 e. The Balaban J connectivity index is 2.05. The second kappa shape index (κ2) is 7.65. The van der Waals surface area contributed by atoms with Crippen molar-refractivity contribution in [2.45, 2.75) is 46.1 Å². The molecule has 1 unspecified atom stereocenters. The summed E-state index contributed by atoms with van der Waals surface area (Å²) in [5.74, 6) is 0. The largest absolute Gasteiger partial charge is 0.378 e. The van der Waals surface area contributed by atoms with Gasteiger partial charge in [0.05, 0.1) is 0 Å². The number of unbranched alkanes of at least 4 members (excludes halogenated alkanes) is 1. The predicted octanol–water partition coefficient (Wildman–Crippen LogP) is 6.27. The number of anilines is 1. The van der Waals surface area contributed by atoms with Crippen LogP contribution in [0.15, 0.2) is 46.9 Å². The minimum atomic E-state index is 0.304. The first-order valence-corrected chi connectivity index (χ1v) is 8.51. The first-order chi connectivity index (χ1) is 10.1. The molecule has 0 spiro atoms. The van der Waals surface area contributed by atoms with Crippen molar-refractivity contribution in [1.29, 1.82) is 0 Å². The highest BCUT2D eigenvalue weighted by Gasteiger charge is 2.07. The monoisotopic (exact) mass is 345 g/mol. The number of rotatable bonds is 6. The standard InChI is InChI=1S/C19H24BrN/c1-4-5-6-16-8-10-17(11-9-16)15(3)21-19-13-18(20)12-7-14(19)2/h7-13,15,21H,4-6H2,1-3H3. The molecule has 2 aromatic carbocycles. The van der Waals surface area contributed by atoms with Gasteiger partial charge in [0.1, 0.15) is 0 Å². The van der Waals surface area contributed by atoms with Crippen LogP contribution in [-0.4, -0.2) is 0 Å². The van der Waals surface area contributed by atoms with Crippen LogP contribution >= 0.6 is 15.9 Å². The van der Waals surface area contributed by atoms with E-state index in [0.29, 0.717) is 6.04 Å². The van der Waals surface area contributed by atoms with Crippen molar-refractivity contribution in [3.63, 3.8) is 0 Å². The molecule has 0 aromatic heterocycles. The van der Waals surface area contributed by atoms with Crippen LogP contribution in [0.25, 0.3) is 0 Å². The van der Waals surface area contributed by atoms with E-state index < -0.39 is 0 Å². The first kappa shape index (κ1) is 16.1. The van der Waals surface area contributed by atoms with Crippen molar-refractivity contribution in [3.05, 3.63) is 63.6 Å². The lowest BCUT2D eigenvalue weighted by atomic mass is 10.0. The van der Waals surface area contributed by atoms with Crippen molar-refractivity contribution < 1.29 is 0 Å². The second-order valence-corrected chi connectivity index (χ2v) is 6.59. The zero-order valence-electron chi connectivity index (χ0n) is 13.1. The summed E-state index contributed by atoms with van der Waals surface area (Å²) in [6, 6.07) is 15.7. The average molecular weight is 346 g/mol.